The second-order valence-corrected chi connectivity index (χ2v) is 6.37. The zero-order chi connectivity index (χ0) is 18.8. The first kappa shape index (κ1) is 17.0. The number of aromatic amines is 1. The van der Waals surface area contributed by atoms with E-state index in [1.807, 2.05) is 24.3 Å². The van der Waals surface area contributed by atoms with Crippen molar-refractivity contribution < 1.29 is 4.79 Å². The fraction of sp³-hybridized carbons (Fsp3) is 0.0526. The highest BCUT2D eigenvalue weighted by Gasteiger charge is 2.09. The number of hydrogen-bond acceptors (Lipinski definition) is 4. The Kier molecular flexibility index (Phi) is 4.43. The maximum atomic E-state index is 12.2. The van der Waals surface area contributed by atoms with Crippen molar-refractivity contribution in [2.24, 2.45) is 0 Å². The van der Waals surface area contributed by atoms with Crippen LogP contribution in [0.15, 0.2) is 66.0 Å². The van der Waals surface area contributed by atoms with Gasteiger partial charge in [0, 0.05) is 22.8 Å². The van der Waals surface area contributed by atoms with E-state index in [9.17, 15) is 9.59 Å². The van der Waals surface area contributed by atoms with Crippen molar-refractivity contribution in [2.45, 2.75) is 6.54 Å². The van der Waals surface area contributed by atoms with E-state index in [1.54, 1.807) is 35.2 Å². The lowest BCUT2D eigenvalue weighted by Gasteiger charge is -2.08. The summed E-state index contributed by atoms with van der Waals surface area (Å²) in [6, 6.07) is 14.1. The molecule has 7 nitrogen and oxygen atoms in total. The molecule has 0 aliphatic rings. The standard InChI is InChI=1S/C19H14ClN5O2/c20-14-5-3-13(4-6-14)18(26)24-15-7-1-12(2-8-15)9-25-11-23-17-16(25)19(27)22-10-21-17/h1-8,10-11H,9H2,(H,24,26)(H,21,22,27). The summed E-state index contributed by atoms with van der Waals surface area (Å²) in [5.41, 5.74) is 2.77. The van der Waals surface area contributed by atoms with Crippen LogP contribution < -0.4 is 10.9 Å². The normalized spacial score (nSPS) is 10.9. The number of imidazole rings is 1. The summed E-state index contributed by atoms with van der Waals surface area (Å²) >= 11 is 5.83. The Bertz CT molecular complexity index is 1160. The zero-order valence-electron chi connectivity index (χ0n) is 14.0. The van der Waals surface area contributed by atoms with E-state index >= 15 is 0 Å². The van der Waals surface area contributed by atoms with E-state index in [0.717, 1.165) is 5.56 Å². The average Bonchev–Trinajstić information content (AvgIpc) is 3.08. The number of H-pyrrole nitrogens is 1. The maximum Gasteiger partial charge on any atom is 0.276 e. The van der Waals surface area contributed by atoms with Gasteiger partial charge < -0.3 is 14.9 Å². The van der Waals surface area contributed by atoms with Crippen molar-refractivity contribution in [1.29, 1.82) is 0 Å². The highest BCUT2D eigenvalue weighted by Crippen LogP contribution is 2.15. The van der Waals surface area contributed by atoms with Crippen molar-refractivity contribution in [3.63, 3.8) is 0 Å². The molecule has 0 radical (unpaired) electrons. The predicted octanol–water partition coefficient (Wildman–Crippen LogP) is 3.07. The van der Waals surface area contributed by atoms with Gasteiger partial charge in [-0.1, -0.05) is 23.7 Å². The first-order valence-corrected chi connectivity index (χ1v) is 8.52. The van der Waals surface area contributed by atoms with E-state index in [4.69, 9.17) is 11.6 Å². The van der Waals surface area contributed by atoms with E-state index in [-0.39, 0.29) is 11.5 Å². The van der Waals surface area contributed by atoms with Crippen LogP contribution >= 0.6 is 11.6 Å². The number of amides is 1. The SMILES string of the molecule is O=C(Nc1ccc(Cn2cnc3nc[nH]c(=O)c32)cc1)c1ccc(Cl)cc1. The topological polar surface area (TPSA) is 92.7 Å². The molecule has 0 saturated carbocycles. The van der Waals surface area contributed by atoms with Crippen LogP contribution in [-0.4, -0.2) is 25.4 Å². The van der Waals surface area contributed by atoms with Gasteiger partial charge in [-0.25, -0.2) is 9.97 Å². The zero-order valence-corrected chi connectivity index (χ0v) is 14.8. The maximum absolute atomic E-state index is 12.2. The van der Waals surface area contributed by atoms with Crippen LogP contribution in [0.5, 0.6) is 0 Å². The molecule has 4 aromatic rings. The highest BCUT2D eigenvalue weighted by molar-refractivity contribution is 6.30. The summed E-state index contributed by atoms with van der Waals surface area (Å²) in [4.78, 5) is 34.9. The van der Waals surface area contributed by atoms with Gasteiger partial charge >= 0.3 is 0 Å². The highest BCUT2D eigenvalue weighted by atomic mass is 35.5. The minimum atomic E-state index is -0.232. The molecule has 1 amide bonds. The minimum Gasteiger partial charge on any atom is -0.322 e. The molecule has 2 heterocycles. The molecule has 4 rings (SSSR count). The van der Waals surface area contributed by atoms with Crippen LogP contribution in [0.2, 0.25) is 5.02 Å². The molecule has 2 aromatic carbocycles. The number of anilines is 1. The van der Waals surface area contributed by atoms with Crippen molar-refractivity contribution in [3.05, 3.63) is 87.7 Å². The van der Waals surface area contributed by atoms with Gasteiger partial charge in [-0.05, 0) is 42.0 Å². The molecule has 134 valence electrons. The molecular weight excluding hydrogens is 366 g/mol. The lowest BCUT2D eigenvalue weighted by Crippen LogP contribution is -2.12. The van der Waals surface area contributed by atoms with E-state index in [2.05, 4.69) is 20.3 Å². The molecule has 8 heteroatoms. The average molecular weight is 380 g/mol. The summed E-state index contributed by atoms with van der Waals surface area (Å²) < 4.78 is 1.74. The fourth-order valence-electron chi connectivity index (χ4n) is 2.73. The molecule has 0 spiro atoms. The quantitative estimate of drug-likeness (QED) is 0.570. The number of fused-ring (bicyclic) bond motifs is 1. The fourth-order valence-corrected chi connectivity index (χ4v) is 2.86. The molecule has 0 atom stereocenters. The third kappa shape index (κ3) is 3.58. The molecular formula is C19H14ClN5O2. The van der Waals surface area contributed by atoms with Gasteiger partial charge in [-0.2, -0.15) is 0 Å². The van der Waals surface area contributed by atoms with Crippen LogP contribution in [0, 0.1) is 0 Å². The first-order valence-electron chi connectivity index (χ1n) is 8.14. The third-order valence-electron chi connectivity index (χ3n) is 4.09. The van der Waals surface area contributed by atoms with Crippen LogP contribution in [0.3, 0.4) is 0 Å². The van der Waals surface area contributed by atoms with Gasteiger partial charge in [-0.3, -0.25) is 9.59 Å². The van der Waals surface area contributed by atoms with Crippen LogP contribution in [-0.2, 0) is 6.54 Å². The summed E-state index contributed by atoms with van der Waals surface area (Å²) in [6.45, 7) is 0.469. The largest absolute Gasteiger partial charge is 0.322 e. The lowest BCUT2D eigenvalue weighted by atomic mass is 10.2. The second-order valence-electron chi connectivity index (χ2n) is 5.93. The summed E-state index contributed by atoms with van der Waals surface area (Å²) in [5.74, 6) is -0.211. The van der Waals surface area contributed by atoms with Gasteiger partial charge in [-0.15, -0.1) is 0 Å². The Hall–Kier alpha value is -3.45. The molecule has 2 aromatic heterocycles. The molecule has 2 N–H and O–H groups in total. The minimum absolute atomic E-state index is 0.211. The number of nitrogens with one attached hydrogen (secondary N) is 2. The van der Waals surface area contributed by atoms with Gasteiger partial charge in [0.05, 0.1) is 12.7 Å². The number of carbonyl (C=O) groups is 1. The Morgan fingerprint density at radius 2 is 1.81 bits per heavy atom. The van der Waals surface area contributed by atoms with E-state index in [0.29, 0.717) is 34.0 Å². The van der Waals surface area contributed by atoms with Crippen LogP contribution in [0.4, 0.5) is 5.69 Å². The Balaban J connectivity index is 1.49. The predicted molar refractivity (Wildman–Crippen MR) is 103 cm³/mol. The number of aromatic nitrogens is 4. The van der Waals surface area contributed by atoms with Crippen LogP contribution in [0.1, 0.15) is 15.9 Å². The second kappa shape index (κ2) is 7.05. The molecule has 0 bridgehead atoms. The van der Waals surface area contributed by atoms with E-state index < -0.39 is 0 Å². The first-order chi connectivity index (χ1) is 13.1. The number of benzene rings is 2. The van der Waals surface area contributed by atoms with Crippen LogP contribution in [0.25, 0.3) is 11.2 Å². The number of rotatable bonds is 4. The van der Waals surface area contributed by atoms with Crippen molar-refractivity contribution in [3.8, 4) is 0 Å². The molecule has 0 aliphatic carbocycles. The smallest absolute Gasteiger partial charge is 0.276 e. The molecule has 0 fully saturated rings. The summed E-state index contributed by atoms with van der Waals surface area (Å²) in [6.07, 6.45) is 2.92. The monoisotopic (exact) mass is 379 g/mol. The Labute approximate surface area is 158 Å². The third-order valence-corrected chi connectivity index (χ3v) is 4.34. The van der Waals surface area contributed by atoms with Gasteiger partial charge in [0.2, 0.25) is 0 Å². The van der Waals surface area contributed by atoms with Crippen molar-refractivity contribution in [2.75, 3.05) is 5.32 Å². The number of hydrogen-bond donors (Lipinski definition) is 2. The molecule has 27 heavy (non-hydrogen) atoms. The van der Waals surface area contributed by atoms with Gasteiger partial charge in [0.15, 0.2) is 11.2 Å². The number of carbonyl (C=O) groups excluding carboxylic acids is 1. The molecule has 0 aliphatic heterocycles. The van der Waals surface area contributed by atoms with Crippen molar-refractivity contribution in [1.82, 2.24) is 19.5 Å². The van der Waals surface area contributed by atoms with Gasteiger partial charge in [0.1, 0.15) is 0 Å². The van der Waals surface area contributed by atoms with Gasteiger partial charge in [0.25, 0.3) is 11.5 Å². The summed E-state index contributed by atoms with van der Waals surface area (Å²) in [5, 5.41) is 3.42. The number of halogens is 1. The number of nitrogens with zero attached hydrogens (tertiary/aromatic N) is 3. The van der Waals surface area contributed by atoms with E-state index in [1.165, 1.54) is 6.33 Å². The Morgan fingerprint density at radius 3 is 2.56 bits per heavy atom. The summed E-state index contributed by atoms with van der Waals surface area (Å²) in [7, 11) is 0. The lowest BCUT2D eigenvalue weighted by molar-refractivity contribution is 0.102. The Morgan fingerprint density at radius 1 is 1.07 bits per heavy atom. The molecule has 0 unspecified atom stereocenters. The molecule has 0 saturated heterocycles. The van der Waals surface area contributed by atoms with Crippen molar-refractivity contribution >= 4 is 34.4 Å².